The van der Waals surface area contributed by atoms with Gasteiger partial charge in [-0.05, 0) is 42.0 Å². The Hall–Kier alpha value is -2.47. The maximum atomic E-state index is 12.6. The summed E-state index contributed by atoms with van der Waals surface area (Å²) in [6, 6.07) is 10.9. The summed E-state index contributed by atoms with van der Waals surface area (Å²) in [7, 11) is 0. The van der Waals surface area contributed by atoms with E-state index in [0.29, 0.717) is 17.0 Å². The van der Waals surface area contributed by atoms with Crippen molar-refractivity contribution in [2.75, 3.05) is 0 Å². The lowest BCUT2D eigenvalue weighted by Crippen LogP contribution is -2.32. The fraction of sp³-hybridized carbons (Fsp3) is 0.316. The summed E-state index contributed by atoms with van der Waals surface area (Å²) < 4.78 is 0. The van der Waals surface area contributed by atoms with Crippen molar-refractivity contribution >= 4 is 28.9 Å². The van der Waals surface area contributed by atoms with Gasteiger partial charge in [-0.1, -0.05) is 18.2 Å². The van der Waals surface area contributed by atoms with Gasteiger partial charge in [0.2, 0.25) is 11.8 Å². The highest BCUT2D eigenvalue weighted by molar-refractivity contribution is 7.12. The van der Waals surface area contributed by atoms with E-state index in [0.717, 1.165) is 18.4 Å². The normalized spacial score (nSPS) is 13.4. The van der Waals surface area contributed by atoms with Crippen LogP contribution in [0.1, 0.15) is 51.3 Å². The first kappa shape index (κ1) is 17.4. The molecule has 3 rings (SSSR count). The van der Waals surface area contributed by atoms with E-state index in [2.05, 4.69) is 0 Å². The number of nitrogens with zero attached hydrogens (tertiary/aromatic N) is 1. The third kappa shape index (κ3) is 4.54. The van der Waals surface area contributed by atoms with Crippen LogP contribution in [-0.4, -0.2) is 28.5 Å². The molecule has 0 unspecified atom stereocenters. The van der Waals surface area contributed by atoms with Crippen molar-refractivity contribution in [3.8, 4) is 0 Å². The van der Waals surface area contributed by atoms with Crippen LogP contribution in [0, 0.1) is 0 Å². The lowest BCUT2D eigenvalue weighted by molar-refractivity contribution is -0.132. The van der Waals surface area contributed by atoms with E-state index in [1.54, 1.807) is 18.2 Å². The van der Waals surface area contributed by atoms with Gasteiger partial charge in [-0.15, -0.1) is 11.3 Å². The number of amides is 2. The third-order valence-electron chi connectivity index (χ3n) is 4.26. The molecule has 130 valence electrons. The van der Waals surface area contributed by atoms with Crippen molar-refractivity contribution in [2.24, 2.45) is 5.73 Å². The van der Waals surface area contributed by atoms with Crippen LogP contribution in [-0.2, 0) is 11.3 Å². The van der Waals surface area contributed by atoms with Gasteiger partial charge < -0.3 is 10.6 Å². The second-order valence-corrected chi connectivity index (χ2v) is 7.16. The van der Waals surface area contributed by atoms with E-state index in [1.807, 2.05) is 28.5 Å². The predicted molar refractivity (Wildman–Crippen MR) is 96.4 cm³/mol. The highest BCUT2D eigenvalue weighted by Gasteiger charge is 2.32. The van der Waals surface area contributed by atoms with Crippen molar-refractivity contribution < 1.29 is 14.4 Å². The number of Topliss-reactive ketones (excluding diaryl/α,β-unsaturated/α-hetero) is 1. The minimum atomic E-state index is -0.464. The van der Waals surface area contributed by atoms with Crippen LogP contribution >= 0.6 is 11.3 Å². The van der Waals surface area contributed by atoms with Gasteiger partial charge in [0.25, 0.3) is 0 Å². The Morgan fingerprint density at radius 3 is 2.36 bits per heavy atom. The summed E-state index contributed by atoms with van der Waals surface area (Å²) in [6.07, 6.45) is 2.48. The van der Waals surface area contributed by atoms with Gasteiger partial charge in [0.05, 0.1) is 4.88 Å². The molecular formula is C19H20N2O3S. The Labute approximate surface area is 150 Å². The summed E-state index contributed by atoms with van der Waals surface area (Å²) in [5.74, 6) is -0.440. The lowest BCUT2D eigenvalue weighted by atomic mass is 10.1. The SMILES string of the molecule is NC(=O)c1ccc(CN(C(=O)CCC(=O)c2cccs2)C2CC2)cc1. The largest absolute Gasteiger partial charge is 0.366 e. The summed E-state index contributed by atoms with van der Waals surface area (Å²) in [5.41, 5.74) is 6.65. The molecule has 0 atom stereocenters. The molecular weight excluding hydrogens is 336 g/mol. The molecule has 5 nitrogen and oxygen atoms in total. The van der Waals surface area contributed by atoms with Crippen molar-refractivity contribution in [1.82, 2.24) is 4.90 Å². The number of carbonyl (C=O) groups is 3. The van der Waals surface area contributed by atoms with Gasteiger partial charge in [-0.3, -0.25) is 14.4 Å². The molecule has 0 aliphatic heterocycles. The van der Waals surface area contributed by atoms with Crippen LogP contribution in [0.3, 0.4) is 0 Å². The summed E-state index contributed by atoms with van der Waals surface area (Å²) in [6.45, 7) is 0.496. The zero-order chi connectivity index (χ0) is 17.8. The first-order valence-corrected chi connectivity index (χ1v) is 9.17. The molecule has 1 aliphatic carbocycles. The quantitative estimate of drug-likeness (QED) is 0.738. The summed E-state index contributed by atoms with van der Waals surface area (Å²) >= 11 is 1.40. The first-order valence-electron chi connectivity index (χ1n) is 8.29. The number of hydrogen-bond donors (Lipinski definition) is 1. The molecule has 0 radical (unpaired) electrons. The summed E-state index contributed by atoms with van der Waals surface area (Å²) in [4.78, 5) is 38.3. The van der Waals surface area contributed by atoms with Crippen LogP contribution in [0.25, 0.3) is 0 Å². The average Bonchev–Trinajstić information content (AvgIpc) is 3.30. The number of nitrogens with two attached hydrogens (primary N) is 1. The standard InChI is InChI=1S/C19H20N2O3S/c20-19(24)14-5-3-13(4-6-14)12-21(15-7-8-15)18(23)10-9-16(22)17-2-1-11-25-17/h1-6,11,15H,7-10,12H2,(H2,20,24). The molecule has 1 aliphatic rings. The number of benzene rings is 1. The number of thiophene rings is 1. The highest BCUT2D eigenvalue weighted by atomic mass is 32.1. The molecule has 1 aromatic heterocycles. The number of primary amides is 1. The number of rotatable bonds is 8. The molecule has 1 fully saturated rings. The van der Waals surface area contributed by atoms with Crippen molar-refractivity contribution in [3.63, 3.8) is 0 Å². The molecule has 0 saturated heterocycles. The van der Waals surface area contributed by atoms with Crippen molar-refractivity contribution in [3.05, 3.63) is 57.8 Å². The Bertz CT molecular complexity index is 764. The first-order chi connectivity index (χ1) is 12.0. The minimum Gasteiger partial charge on any atom is -0.366 e. The predicted octanol–water partition coefficient (Wildman–Crippen LogP) is 3.00. The van der Waals surface area contributed by atoms with Crippen LogP contribution in [0.15, 0.2) is 41.8 Å². The fourth-order valence-corrected chi connectivity index (χ4v) is 3.40. The van der Waals surface area contributed by atoms with E-state index >= 15 is 0 Å². The molecule has 1 saturated carbocycles. The second-order valence-electron chi connectivity index (χ2n) is 6.21. The maximum Gasteiger partial charge on any atom is 0.248 e. The van der Waals surface area contributed by atoms with Crippen LogP contribution < -0.4 is 5.73 Å². The van der Waals surface area contributed by atoms with E-state index in [9.17, 15) is 14.4 Å². The Balaban J connectivity index is 1.59. The molecule has 1 aromatic carbocycles. The zero-order valence-corrected chi connectivity index (χ0v) is 14.6. The van der Waals surface area contributed by atoms with E-state index in [4.69, 9.17) is 5.73 Å². The van der Waals surface area contributed by atoms with Crippen molar-refractivity contribution in [1.29, 1.82) is 0 Å². The Kier molecular flexibility index (Phi) is 5.28. The number of hydrogen-bond acceptors (Lipinski definition) is 4. The topological polar surface area (TPSA) is 80.5 Å². The Morgan fingerprint density at radius 2 is 1.80 bits per heavy atom. The van der Waals surface area contributed by atoms with Gasteiger partial charge in [-0.25, -0.2) is 0 Å². The maximum absolute atomic E-state index is 12.6. The average molecular weight is 356 g/mol. The fourth-order valence-electron chi connectivity index (χ4n) is 2.70. The van der Waals surface area contributed by atoms with E-state index in [-0.39, 0.29) is 30.6 Å². The van der Waals surface area contributed by atoms with Gasteiger partial charge >= 0.3 is 0 Å². The molecule has 2 N–H and O–H groups in total. The minimum absolute atomic E-state index is 0.00591. The van der Waals surface area contributed by atoms with Gasteiger partial charge in [0.15, 0.2) is 5.78 Å². The van der Waals surface area contributed by atoms with E-state index in [1.165, 1.54) is 11.3 Å². The molecule has 2 amide bonds. The third-order valence-corrected chi connectivity index (χ3v) is 5.17. The molecule has 0 spiro atoms. The lowest BCUT2D eigenvalue weighted by Gasteiger charge is -2.22. The van der Waals surface area contributed by atoms with Gasteiger partial charge in [0.1, 0.15) is 0 Å². The zero-order valence-electron chi connectivity index (χ0n) is 13.8. The molecule has 6 heteroatoms. The van der Waals surface area contributed by atoms with Crippen LogP contribution in [0.2, 0.25) is 0 Å². The summed E-state index contributed by atoms with van der Waals surface area (Å²) in [5, 5.41) is 1.86. The van der Waals surface area contributed by atoms with E-state index < -0.39 is 5.91 Å². The smallest absolute Gasteiger partial charge is 0.248 e. The van der Waals surface area contributed by atoms with Crippen molar-refractivity contribution in [2.45, 2.75) is 38.3 Å². The van der Waals surface area contributed by atoms with Gasteiger partial charge in [0, 0.05) is 31.0 Å². The molecule has 0 bridgehead atoms. The Morgan fingerprint density at radius 1 is 1.08 bits per heavy atom. The van der Waals surface area contributed by atoms with Crippen LogP contribution in [0.5, 0.6) is 0 Å². The highest BCUT2D eigenvalue weighted by Crippen LogP contribution is 2.29. The van der Waals surface area contributed by atoms with Gasteiger partial charge in [-0.2, -0.15) is 0 Å². The number of carbonyl (C=O) groups excluding carboxylic acids is 3. The number of ketones is 1. The second kappa shape index (κ2) is 7.61. The monoisotopic (exact) mass is 356 g/mol. The molecule has 2 aromatic rings. The molecule has 1 heterocycles. The molecule has 25 heavy (non-hydrogen) atoms. The van der Waals surface area contributed by atoms with Crippen LogP contribution in [0.4, 0.5) is 0 Å².